The van der Waals surface area contributed by atoms with E-state index in [1.54, 1.807) is 24.3 Å². The maximum Gasteiger partial charge on any atom is 0.308 e. The van der Waals surface area contributed by atoms with Gasteiger partial charge in [-0.3, -0.25) is 4.79 Å². The number of aryl methyl sites for hydroxylation is 1. The Kier molecular flexibility index (Phi) is 3.99. The normalized spacial score (nSPS) is 21.6. The van der Waals surface area contributed by atoms with Crippen molar-refractivity contribution in [1.82, 2.24) is 9.29 Å². The van der Waals surface area contributed by atoms with Crippen LogP contribution in [0.5, 0.6) is 0 Å². The molecule has 23 heavy (non-hydrogen) atoms. The lowest BCUT2D eigenvalue weighted by Gasteiger charge is -2.25. The van der Waals surface area contributed by atoms with Crippen molar-refractivity contribution < 1.29 is 18.3 Å². The summed E-state index contributed by atoms with van der Waals surface area (Å²) in [6.45, 7) is 0. The number of hydrogen-bond donors (Lipinski definition) is 2. The number of hydrogen-bond acceptors (Lipinski definition) is 3. The van der Waals surface area contributed by atoms with E-state index in [4.69, 9.17) is 0 Å². The van der Waals surface area contributed by atoms with Crippen LogP contribution in [0.1, 0.15) is 12.8 Å². The maximum atomic E-state index is 12.6. The Hall–Kier alpha value is -2.12. The first kappa shape index (κ1) is 15.8. The van der Waals surface area contributed by atoms with Crippen molar-refractivity contribution in [2.24, 2.45) is 13.0 Å². The van der Waals surface area contributed by atoms with Gasteiger partial charge in [0, 0.05) is 24.8 Å². The first-order chi connectivity index (χ1) is 10.9. The largest absolute Gasteiger partial charge is 0.481 e. The van der Waals surface area contributed by atoms with Crippen molar-refractivity contribution in [2.45, 2.75) is 23.8 Å². The molecule has 2 atom stereocenters. The lowest BCUT2D eigenvalue weighted by molar-refractivity contribution is -0.142. The van der Waals surface area contributed by atoms with E-state index in [2.05, 4.69) is 4.72 Å². The molecular formula is C16H18N2O4S. The first-order valence-corrected chi connectivity index (χ1v) is 8.82. The van der Waals surface area contributed by atoms with Crippen LogP contribution in [-0.4, -0.2) is 30.1 Å². The van der Waals surface area contributed by atoms with E-state index in [1.165, 1.54) is 0 Å². The van der Waals surface area contributed by atoms with Crippen LogP contribution in [0.4, 0.5) is 0 Å². The Bertz CT molecular complexity index is 883. The quantitative estimate of drug-likeness (QED) is 0.836. The number of aliphatic carboxylic acids is 1. The number of aromatic nitrogens is 1. The summed E-state index contributed by atoms with van der Waals surface area (Å²) in [7, 11) is -1.93. The number of sulfonamides is 1. The van der Waals surface area contributed by atoms with Gasteiger partial charge in [-0.15, -0.1) is 0 Å². The lowest BCUT2D eigenvalue weighted by Crippen LogP contribution is -2.44. The molecule has 0 saturated heterocycles. The molecule has 0 saturated carbocycles. The minimum atomic E-state index is -3.77. The van der Waals surface area contributed by atoms with Gasteiger partial charge < -0.3 is 9.67 Å². The zero-order valence-corrected chi connectivity index (χ0v) is 13.5. The molecular weight excluding hydrogens is 316 g/mol. The predicted octanol–water partition coefficient (Wildman–Crippen LogP) is 1.88. The maximum absolute atomic E-state index is 12.6. The second-order valence-corrected chi connectivity index (χ2v) is 7.48. The molecule has 0 aliphatic heterocycles. The summed E-state index contributed by atoms with van der Waals surface area (Å²) >= 11 is 0. The fourth-order valence-electron chi connectivity index (χ4n) is 2.89. The molecule has 1 aromatic heterocycles. The highest BCUT2D eigenvalue weighted by atomic mass is 32.2. The molecule has 122 valence electrons. The average molecular weight is 334 g/mol. The molecule has 7 heteroatoms. The number of allylic oxidation sites excluding steroid dienone is 1. The molecule has 0 unspecified atom stereocenters. The molecule has 0 spiro atoms. The van der Waals surface area contributed by atoms with Crippen LogP contribution >= 0.6 is 0 Å². The Morgan fingerprint density at radius 1 is 1.26 bits per heavy atom. The molecule has 3 rings (SSSR count). The summed E-state index contributed by atoms with van der Waals surface area (Å²) in [5.41, 5.74) is 0.811. The van der Waals surface area contributed by atoms with Gasteiger partial charge in [0.1, 0.15) is 0 Å². The Balaban J connectivity index is 1.92. The fraction of sp³-hybridized carbons (Fsp3) is 0.312. The number of carboxylic acid groups (broad SMARTS) is 1. The summed E-state index contributed by atoms with van der Waals surface area (Å²) in [5, 5.41) is 10.2. The molecule has 0 fully saturated rings. The van der Waals surface area contributed by atoms with E-state index < -0.39 is 28.0 Å². The number of carbonyl (C=O) groups is 1. The third-order valence-electron chi connectivity index (χ3n) is 4.23. The first-order valence-electron chi connectivity index (χ1n) is 7.34. The van der Waals surface area contributed by atoms with E-state index in [0.717, 1.165) is 10.9 Å². The zero-order valence-electron chi connectivity index (χ0n) is 12.6. The third-order valence-corrected chi connectivity index (χ3v) is 5.71. The van der Waals surface area contributed by atoms with Crippen molar-refractivity contribution in [3.63, 3.8) is 0 Å². The van der Waals surface area contributed by atoms with Crippen LogP contribution < -0.4 is 4.72 Å². The summed E-state index contributed by atoms with van der Waals surface area (Å²) in [6, 6.07) is 6.17. The smallest absolute Gasteiger partial charge is 0.308 e. The minimum absolute atomic E-state index is 0.144. The van der Waals surface area contributed by atoms with Gasteiger partial charge in [-0.1, -0.05) is 18.2 Å². The van der Waals surface area contributed by atoms with Crippen molar-refractivity contribution in [3.05, 3.63) is 42.6 Å². The monoisotopic (exact) mass is 334 g/mol. The van der Waals surface area contributed by atoms with Gasteiger partial charge in [0.05, 0.1) is 10.8 Å². The van der Waals surface area contributed by atoms with Crippen molar-refractivity contribution in [1.29, 1.82) is 0 Å². The van der Waals surface area contributed by atoms with Crippen LogP contribution in [0, 0.1) is 5.92 Å². The Morgan fingerprint density at radius 3 is 2.74 bits per heavy atom. The number of benzene rings is 1. The molecule has 0 radical (unpaired) electrons. The summed E-state index contributed by atoms with van der Waals surface area (Å²) in [6.07, 6.45) is 6.16. The summed E-state index contributed by atoms with van der Waals surface area (Å²) < 4.78 is 29.6. The van der Waals surface area contributed by atoms with E-state index in [1.807, 2.05) is 30.0 Å². The van der Waals surface area contributed by atoms with E-state index >= 15 is 0 Å². The van der Waals surface area contributed by atoms with Crippen molar-refractivity contribution in [2.75, 3.05) is 0 Å². The van der Waals surface area contributed by atoms with Gasteiger partial charge in [0.15, 0.2) is 0 Å². The average Bonchev–Trinajstić information content (AvgIpc) is 2.88. The predicted molar refractivity (Wildman–Crippen MR) is 86.5 cm³/mol. The fourth-order valence-corrected chi connectivity index (χ4v) is 4.20. The SMILES string of the molecule is Cn1ccc2ccc(S(=O)(=O)N[C@@H]3CC=CC[C@@H]3C(=O)O)cc21. The number of nitrogens with one attached hydrogen (secondary N) is 1. The van der Waals surface area contributed by atoms with Gasteiger partial charge in [0.2, 0.25) is 10.0 Å². The molecule has 6 nitrogen and oxygen atoms in total. The summed E-state index contributed by atoms with van der Waals surface area (Å²) in [4.78, 5) is 11.4. The molecule has 1 heterocycles. The molecule has 2 N–H and O–H groups in total. The Labute approximate surface area is 134 Å². The van der Waals surface area contributed by atoms with Gasteiger partial charge in [-0.05, 0) is 36.4 Å². The van der Waals surface area contributed by atoms with Crippen LogP contribution in [0.3, 0.4) is 0 Å². The lowest BCUT2D eigenvalue weighted by atomic mass is 9.90. The minimum Gasteiger partial charge on any atom is -0.481 e. The van der Waals surface area contributed by atoms with E-state index in [0.29, 0.717) is 12.8 Å². The molecule has 1 aliphatic carbocycles. The molecule has 0 amide bonds. The molecule has 1 aliphatic rings. The number of rotatable bonds is 4. The van der Waals surface area contributed by atoms with E-state index in [-0.39, 0.29) is 4.90 Å². The van der Waals surface area contributed by atoms with Gasteiger partial charge >= 0.3 is 5.97 Å². The van der Waals surface area contributed by atoms with Crippen LogP contribution in [0.25, 0.3) is 10.9 Å². The van der Waals surface area contributed by atoms with Crippen molar-refractivity contribution in [3.8, 4) is 0 Å². The Morgan fingerprint density at radius 2 is 2.00 bits per heavy atom. The molecule has 2 aromatic rings. The third kappa shape index (κ3) is 3.02. The number of fused-ring (bicyclic) bond motifs is 1. The molecule has 0 bridgehead atoms. The highest BCUT2D eigenvalue weighted by Gasteiger charge is 2.32. The standard InChI is InChI=1S/C16H18N2O4S/c1-18-9-8-11-6-7-12(10-15(11)18)23(21,22)17-14-5-3-2-4-13(14)16(19)20/h2-3,6-10,13-14,17H,4-5H2,1H3,(H,19,20)/t13-,14+/m0/s1. The topological polar surface area (TPSA) is 88.4 Å². The molecule has 1 aromatic carbocycles. The van der Waals surface area contributed by atoms with Crippen molar-refractivity contribution >= 4 is 26.9 Å². The summed E-state index contributed by atoms with van der Waals surface area (Å²) in [5.74, 6) is -1.73. The van der Waals surface area contributed by atoms with Crippen LogP contribution in [0.15, 0.2) is 47.5 Å². The number of nitrogens with zero attached hydrogens (tertiary/aromatic N) is 1. The number of carboxylic acids is 1. The second kappa shape index (κ2) is 5.82. The highest BCUT2D eigenvalue weighted by Crippen LogP contribution is 2.24. The van der Waals surface area contributed by atoms with Gasteiger partial charge in [-0.25, -0.2) is 13.1 Å². The van der Waals surface area contributed by atoms with Crippen LogP contribution in [-0.2, 0) is 21.9 Å². The van der Waals surface area contributed by atoms with Gasteiger partial charge in [0.25, 0.3) is 0 Å². The van der Waals surface area contributed by atoms with Gasteiger partial charge in [-0.2, -0.15) is 0 Å². The highest BCUT2D eigenvalue weighted by molar-refractivity contribution is 7.89. The van der Waals surface area contributed by atoms with Crippen LogP contribution in [0.2, 0.25) is 0 Å². The second-order valence-electron chi connectivity index (χ2n) is 5.76. The van der Waals surface area contributed by atoms with E-state index in [9.17, 15) is 18.3 Å². The zero-order chi connectivity index (χ0) is 16.6.